The van der Waals surface area contributed by atoms with Crippen LogP contribution in [-0.4, -0.2) is 39.9 Å². The number of ether oxygens (including phenoxy) is 1. The van der Waals surface area contributed by atoms with Gasteiger partial charge in [0, 0.05) is 12.1 Å². The van der Waals surface area contributed by atoms with Crippen LogP contribution in [-0.2, 0) is 11.2 Å². The molecule has 2 aromatic carbocycles. The first kappa shape index (κ1) is 16.1. The molecule has 0 saturated heterocycles. The number of amides is 1. The van der Waals surface area contributed by atoms with Crippen molar-refractivity contribution in [1.82, 2.24) is 20.1 Å². The SMILES string of the molecule is O=C(CNc1ccc(-n2cncn2)cc1)NCC1Cc2ccccc2O1. The van der Waals surface area contributed by atoms with Gasteiger partial charge in [-0.1, -0.05) is 18.2 Å². The van der Waals surface area contributed by atoms with Crippen LogP contribution >= 0.6 is 0 Å². The van der Waals surface area contributed by atoms with Crippen molar-refractivity contribution in [2.75, 3.05) is 18.4 Å². The molecule has 132 valence electrons. The summed E-state index contributed by atoms with van der Waals surface area (Å²) in [5.41, 5.74) is 2.97. The second kappa shape index (κ2) is 7.26. The Kier molecular flexibility index (Phi) is 4.51. The van der Waals surface area contributed by atoms with E-state index >= 15 is 0 Å². The molecule has 3 aromatic rings. The Morgan fingerprint density at radius 2 is 2.04 bits per heavy atom. The number of rotatable bonds is 6. The minimum Gasteiger partial charge on any atom is -0.488 e. The Hall–Kier alpha value is -3.35. The molecule has 2 heterocycles. The number of aromatic nitrogens is 3. The number of para-hydroxylation sites is 1. The summed E-state index contributed by atoms with van der Waals surface area (Å²) in [5.74, 6) is 0.849. The summed E-state index contributed by atoms with van der Waals surface area (Å²) >= 11 is 0. The van der Waals surface area contributed by atoms with E-state index in [1.54, 1.807) is 11.0 Å². The fourth-order valence-electron chi connectivity index (χ4n) is 2.91. The van der Waals surface area contributed by atoms with Gasteiger partial charge in [-0.15, -0.1) is 0 Å². The molecule has 4 rings (SSSR count). The van der Waals surface area contributed by atoms with E-state index in [0.717, 1.165) is 23.5 Å². The summed E-state index contributed by atoms with van der Waals surface area (Å²) in [6, 6.07) is 15.6. The number of fused-ring (bicyclic) bond motifs is 1. The number of benzene rings is 2. The summed E-state index contributed by atoms with van der Waals surface area (Å²) in [4.78, 5) is 16.0. The number of anilines is 1. The van der Waals surface area contributed by atoms with Crippen LogP contribution in [0.3, 0.4) is 0 Å². The standard InChI is InChI=1S/C19H19N5O2/c25-19(22-10-17-9-14-3-1-2-4-18(14)26-17)11-21-15-5-7-16(8-6-15)24-13-20-12-23-24/h1-8,12-13,17,21H,9-11H2,(H,22,25). The average Bonchev–Trinajstić information content (AvgIpc) is 3.34. The molecule has 1 unspecified atom stereocenters. The largest absolute Gasteiger partial charge is 0.488 e. The van der Waals surface area contributed by atoms with Crippen molar-refractivity contribution in [3.63, 3.8) is 0 Å². The fraction of sp³-hybridized carbons (Fsp3) is 0.211. The van der Waals surface area contributed by atoms with Crippen LogP contribution < -0.4 is 15.4 Å². The molecule has 1 aliphatic rings. The van der Waals surface area contributed by atoms with E-state index in [1.165, 1.54) is 11.9 Å². The van der Waals surface area contributed by atoms with E-state index in [4.69, 9.17) is 4.74 Å². The summed E-state index contributed by atoms with van der Waals surface area (Å²) in [5, 5.41) is 10.1. The van der Waals surface area contributed by atoms with E-state index in [9.17, 15) is 4.79 Å². The van der Waals surface area contributed by atoms with Crippen molar-refractivity contribution in [1.29, 1.82) is 0 Å². The van der Waals surface area contributed by atoms with Crippen LogP contribution in [0.1, 0.15) is 5.56 Å². The van der Waals surface area contributed by atoms with Gasteiger partial charge in [0.05, 0.1) is 18.8 Å². The van der Waals surface area contributed by atoms with Gasteiger partial charge in [-0.25, -0.2) is 9.67 Å². The normalized spacial score (nSPS) is 15.2. The van der Waals surface area contributed by atoms with Crippen molar-refractivity contribution in [2.45, 2.75) is 12.5 Å². The molecule has 1 aliphatic heterocycles. The number of carbonyl (C=O) groups excluding carboxylic acids is 1. The van der Waals surface area contributed by atoms with Crippen molar-refractivity contribution < 1.29 is 9.53 Å². The molecular formula is C19H19N5O2. The van der Waals surface area contributed by atoms with Gasteiger partial charge in [-0.05, 0) is 35.9 Å². The van der Waals surface area contributed by atoms with Gasteiger partial charge < -0.3 is 15.4 Å². The lowest BCUT2D eigenvalue weighted by Gasteiger charge is -2.13. The van der Waals surface area contributed by atoms with Gasteiger partial charge in [0.25, 0.3) is 0 Å². The van der Waals surface area contributed by atoms with Crippen LogP contribution in [0, 0.1) is 0 Å². The third kappa shape index (κ3) is 3.66. The summed E-state index contributed by atoms with van der Waals surface area (Å²) in [7, 11) is 0. The van der Waals surface area contributed by atoms with Crippen molar-refractivity contribution in [3.8, 4) is 11.4 Å². The maximum Gasteiger partial charge on any atom is 0.239 e. The minimum atomic E-state index is -0.0649. The maximum absolute atomic E-state index is 12.0. The highest BCUT2D eigenvalue weighted by atomic mass is 16.5. The highest BCUT2D eigenvalue weighted by molar-refractivity contribution is 5.80. The van der Waals surface area contributed by atoms with E-state index in [2.05, 4.69) is 26.8 Å². The quantitative estimate of drug-likeness (QED) is 0.709. The molecular weight excluding hydrogens is 330 g/mol. The third-order valence-corrected chi connectivity index (χ3v) is 4.24. The Bertz CT molecular complexity index is 852. The maximum atomic E-state index is 12.0. The van der Waals surface area contributed by atoms with Crippen molar-refractivity contribution >= 4 is 11.6 Å². The Balaban J connectivity index is 1.22. The molecule has 0 spiro atoms. The molecule has 0 aliphatic carbocycles. The van der Waals surface area contributed by atoms with Gasteiger partial charge in [-0.2, -0.15) is 5.10 Å². The van der Waals surface area contributed by atoms with Gasteiger partial charge >= 0.3 is 0 Å². The highest BCUT2D eigenvalue weighted by Crippen LogP contribution is 2.27. The minimum absolute atomic E-state index is 0.00156. The third-order valence-electron chi connectivity index (χ3n) is 4.24. The average molecular weight is 349 g/mol. The van der Waals surface area contributed by atoms with Crippen LogP contribution in [0.2, 0.25) is 0 Å². The van der Waals surface area contributed by atoms with E-state index < -0.39 is 0 Å². The Morgan fingerprint density at radius 1 is 1.19 bits per heavy atom. The second-order valence-corrected chi connectivity index (χ2v) is 6.10. The second-order valence-electron chi connectivity index (χ2n) is 6.10. The lowest BCUT2D eigenvalue weighted by Crippen LogP contribution is -2.37. The summed E-state index contributed by atoms with van der Waals surface area (Å²) < 4.78 is 7.50. The smallest absolute Gasteiger partial charge is 0.239 e. The Labute approximate surface area is 151 Å². The zero-order valence-corrected chi connectivity index (χ0v) is 14.1. The lowest BCUT2D eigenvalue weighted by molar-refractivity contribution is -0.119. The number of hydrogen-bond donors (Lipinski definition) is 2. The molecule has 7 heteroatoms. The van der Waals surface area contributed by atoms with Crippen LogP contribution in [0.4, 0.5) is 5.69 Å². The topological polar surface area (TPSA) is 81.1 Å². The first-order valence-electron chi connectivity index (χ1n) is 8.48. The van der Waals surface area contributed by atoms with E-state index in [-0.39, 0.29) is 18.6 Å². The van der Waals surface area contributed by atoms with Crippen molar-refractivity contribution in [3.05, 3.63) is 66.7 Å². The summed E-state index contributed by atoms with van der Waals surface area (Å²) in [6.07, 6.45) is 3.95. The first-order valence-corrected chi connectivity index (χ1v) is 8.48. The van der Waals surface area contributed by atoms with Crippen LogP contribution in [0.25, 0.3) is 5.69 Å². The summed E-state index contributed by atoms with van der Waals surface area (Å²) in [6.45, 7) is 0.711. The van der Waals surface area contributed by atoms with Gasteiger partial charge in [0.2, 0.25) is 5.91 Å². The molecule has 7 nitrogen and oxygen atoms in total. The number of nitrogens with one attached hydrogen (secondary N) is 2. The molecule has 2 N–H and O–H groups in total. The fourth-order valence-corrected chi connectivity index (χ4v) is 2.91. The number of carbonyl (C=O) groups is 1. The first-order chi connectivity index (χ1) is 12.8. The predicted molar refractivity (Wildman–Crippen MR) is 97.4 cm³/mol. The molecule has 0 fully saturated rings. The number of nitrogens with zero attached hydrogens (tertiary/aromatic N) is 3. The molecule has 0 radical (unpaired) electrons. The lowest BCUT2D eigenvalue weighted by atomic mass is 10.1. The predicted octanol–water partition coefficient (Wildman–Crippen LogP) is 1.80. The molecule has 26 heavy (non-hydrogen) atoms. The molecule has 1 atom stereocenters. The zero-order chi connectivity index (χ0) is 17.8. The molecule has 0 saturated carbocycles. The van der Waals surface area contributed by atoms with Gasteiger partial charge in [-0.3, -0.25) is 4.79 Å². The van der Waals surface area contributed by atoms with E-state index in [1.807, 2.05) is 42.5 Å². The molecule has 1 aromatic heterocycles. The highest BCUT2D eigenvalue weighted by Gasteiger charge is 2.22. The number of hydrogen-bond acceptors (Lipinski definition) is 5. The zero-order valence-electron chi connectivity index (χ0n) is 14.1. The van der Waals surface area contributed by atoms with Gasteiger partial charge in [0.1, 0.15) is 24.5 Å². The van der Waals surface area contributed by atoms with Crippen LogP contribution in [0.15, 0.2) is 61.2 Å². The van der Waals surface area contributed by atoms with Crippen LogP contribution in [0.5, 0.6) is 5.75 Å². The Morgan fingerprint density at radius 3 is 2.81 bits per heavy atom. The molecule has 1 amide bonds. The monoisotopic (exact) mass is 349 g/mol. The van der Waals surface area contributed by atoms with E-state index in [0.29, 0.717) is 6.54 Å². The van der Waals surface area contributed by atoms with Crippen molar-refractivity contribution in [2.24, 2.45) is 0 Å². The molecule has 0 bridgehead atoms. The van der Waals surface area contributed by atoms with Gasteiger partial charge in [0.15, 0.2) is 0 Å².